The number of fused-ring (bicyclic) bond motifs is 2. The number of unbranched alkanes of at least 4 members (excludes halogenated alkanes) is 2. The number of nitrogens with two attached hydrogens (primary N) is 1. The predicted molar refractivity (Wildman–Crippen MR) is 223 cm³/mol. The number of carbonyl (C=O) groups excluding carboxylic acids is 2. The van der Waals surface area contributed by atoms with E-state index in [2.05, 4.69) is 81.9 Å². The Labute approximate surface area is 339 Å². The molecule has 5 heterocycles. The van der Waals surface area contributed by atoms with Crippen LogP contribution in [-0.4, -0.2) is 76.0 Å². The Hall–Kier alpha value is -6.21. The molecule has 304 valence electrons. The Kier molecular flexibility index (Phi) is 12.4. The van der Waals surface area contributed by atoms with E-state index in [-0.39, 0.29) is 54.6 Å². The van der Waals surface area contributed by atoms with E-state index in [9.17, 15) is 14.9 Å². The van der Waals surface area contributed by atoms with Crippen LogP contribution in [0.2, 0.25) is 0 Å². The van der Waals surface area contributed by atoms with Crippen LogP contribution in [0.15, 0.2) is 42.5 Å². The van der Waals surface area contributed by atoms with Crippen LogP contribution in [0.25, 0.3) is 0 Å². The predicted octanol–water partition coefficient (Wildman–Crippen LogP) is 6.46. The average molecular weight is 789 g/mol. The van der Waals surface area contributed by atoms with Crippen molar-refractivity contribution in [2.75, 3.05) is 70.9 Å². The molecular formula is C42H52N12O4. The van der Waals surface area contributed by atoms with Gasteiger partial charge in [-0.25, -0.2) is 0 Å². The van der Waals surface area contributed by atoms with E-state index >= 15 is 0 Å². The zero-order valence-corrected chi connectivity index (χ0v) is 33.7. The number of nitriles is 1. The number of aromatic nitrogens is 4. The molecule has 3 aliphatic rings. The number of amides is 2. The quantitative estimate of drug-likeness (QED) is 0.0902. The van der Waals surface area contributed by atoms with Gasteiger partial charge in [0.25, 0.3) is 0 Å². The highest BCUT2D eigenvalue weighted by Gasteiger charge is 2.34. The molecule has 7 rings (SSSR count). The van der Waals surface area contributed by atoms with Gasteiger partial charge in [-0.2, -0.15) is 25.2 Å². The van der Waals surface area contributed by atoms with E-state index in [4.69, 9.17) is 25.2 Å². The third-order valence-corrected chi connectivity index (χ3v) is 10.8. The summed E-state index contributed by atoms with van der Waals surface area (Å²) in [6.45, 7) is 12.2. The number of hydrogen-bond acceptors (Lipinski definition) is 14. The van der Waals surface area contributed by atoms with E-state index in [0.717, 1.165) is 56.4 Å². The van der Waals surface area contributed by atoms with Gasteiger partial charge >= 0.3 is 12.0 Å². The molecule has 16 nitrogen and oxygen atoms in total. The first-order chi connectivity index (χ1) is 28.1. The zero-order chi connectivity index (χ0) is 40.8. The first-order valence-corrected chi connectivity index (χ1v) is 20.3. The maximum absolute atomic E-state index is 13.5. The number of likely N-dealkylation sites (tertiary alicyclic amines) is 1. The SMILES string of the molecule is CCCCOc1nc(N)c2c(n1)N(C(C)c1ccc(C#N)c(Nc3nc(OCCCC)nc4c3NC(=O)CN4C(C)c3cccc(CN4CCCC4)c3)c1)CC(=O)N2. The van der Waals surface area contributed by atoms with Crippen LogP contribution in [0.1, 0.15) is 101 Å². The molecule has 2 atom stereocenters. The van der Waals surface area contributed by atoms with Crippen LogP contribution in [0.5, 0.6) is 12.0 Å². The number of nitrogen functional groups attached to an aromatic ring is 1. The Bertz CT molecular complexity index is 2190. The fourth-order valence-corrected chi connectivity index (χ4v) is 7.48. The molecular weight excluding hydrogens is 737 g/mol. The zero-order valence-electron chi connectivity index (χ0n) is 33.7. The van der Waals surface area contributed by atoms with Crippen molar-refractivity contribution in [3.8, 4) is 18.1 Å². The first kappa shape index (κ1) is 40.0. The molecule has 16 heteroatoms. The Morgan fingerprint density at radius 2 is 1.43 bits per heavy atom. The van der Waals surface area contributed by atoms with Crippen LogP contribution in [0.4, 0.5) is 40.3 Å². The molecule has 2 aromatic carbocycles. The summed E-state index contributed by atoms with van der Waals surface area (Å²) in [5, 5.41) is 19.5. The molecule has 1 saturated heterocycles. The van der Waals surface area contributed by atoms with Gasteiger partial charge in [0.2, 0.25) is 11.8 Å². The van der Waals surface area contributed by atoms with Crippen molar-refractivity contribution in [3.05, 3.63) is 64.7 Å². The van der Waals surface area contributed by atoms with Gasteiger partial charge in [-0.15, -0.1) is 0 Å². The lowest BCUT2D eigenvalue weighted by atomic mass is 10.0. The fraction of sp³-hybridized carbons (Fsp3) is 0.452. The largest absolute Gasteiger partial charge is 0.463 e. The molecule has 58 heavy (non-hydrogen) atoms. The molecule has 0 bridgehead atoms. The molecule has 0 spiro atoms. The summed E-state index contributed by atoms with van der Waals surface area (Å²) in [6.07, 6.45) is 5.95. The molecule has 2 unspecified atom stereocenters. The number of anilines is 7. The number of carbonyl (C=O) groups is 2. The summed E-state index contributed by atoms with van der Waals surface area (Å²) in [7, 11) is 0. The van der Waals surface area contributed by atoms with Crippen molar-refractivity contribution in [2.24, 2.45) is 0 Å². The Morgan fingerprint density at radius 1 is 0.828 bits per heavy atom. The minimum absolute atomic E-state index is 0.000868. The van der Waals surface area contributed by atoms with Crippen LogP contribution >= 0.6 is 0 Å². The Balaban J connectivity index is 1.23. The highest BCUT2D eigenvalue weighted by molar-refractivity contribution is 6.04. The van der Waals surface area contributed by atoms with Crippen molar-refractivity contribution in [3.63, 3.8) is 0 Å². The molecule has 4 aromatic rings. The number of rotatable bonds is 16. The van der Waals surface area contributed by atoms with Crippen molar-refractivity contribution in [1.29, 1.82) is 5.26 Å². The van der Waals surface area contributed by atoms with Gasteiger partial charge in [-0.1, -0.05) is 57.0 Å². The van der Waals surface area contributed by atoms with Gasteiger partial charge in [0, 0.05) is 6.54 Å². The normalized spacial score (nSPS) is 16.1. The minimum atomic E-state index is -0.416. The van der Waals surface area contributed by atoms with Crippen molar-refractivity contribution in [2.45, 2.75) is 84.8 Å². The molecule has 0 saturated carbocycles. The van der Waals surface area contributed by atoms with E-state index < -0.39 is 6.04 Å². The lowest BCUT2D eigenvalue weighted by Crippen LogP contribution is -2.41. The van der Waals surface area contributed by atoms with Crippen LogP contribution < -0.4 is 41.0 Å². The summed E-state index contributed by atoms with van der Waals surface area (Å²) in [4.78, 5) is 51.2. The molecule has 5 N–H and O–H groups in total. The molecule has 3 aliphatic heterocycles. The molecule has 2 amide bonds. The van der Waals surface area contributed by atoms with Gasteiger partial charge in [-0.3, -0.25) is 14.5 Å². The van der Waals surface area contributed by atoms with Crippen molar-refractivity contribution >= 4 is 52.1 Å². The second-order valence-electron chi connectivity index (χ2n) is 15.0. The first-order valence-electron chi connectivity index (χ1n) is 20.3. The van der Waals surface area contributed by atoms with Crippen LogP contribution in [0.3, 0.4) is 0 Å². The number of hydrogen-bond donors (Lipinski definition) is 4. The summed E-state index contributed by atoms with van der Waals surface area (Å²) in [6, 6.07) is 15.8. The lowest BCUT2D eigenvalue weighted by Gasteiger charge is -2.36. The van der Waals surface area contributed by atoms with Gasteiger partial charge in [0.15, 0.2) is 23.3 Å². The smallest absolute Gasteiger partial charge is 0.320 e. The van der Waals surface area contributed by atoms with Crippen molar-refractivity contribution < 1.29 is 19.1 Å². The molecule has 0 radical (unpaired) electrons. The van der Waals surface area contributed by atoms with Gasteiger partial charge < -0.3 is 41.0 Å². The fourth-order valence-electron chi connectivity index (χ4n) is 7.48. The second kappa shape index (κ2) is 17.9. The molecule has 1 fully saturated rings. The van der Waals surface area contributed by atoms with Crippen LogP contribution in [0, 0.1) is 11.3 Å². The van der Waals surface area contributed by atoms with E-state index in [1.807, 2.05) is 28.9 Å². The van der Waals surface area contributed by atoms with Gasteiger partial charge in [0.1, 0.15) is 17.4 Å². The summed E-state index contributed by atoms with van der Waals surface area (Å²) in [5.74, 6) is 0.842. The number of ether oxygens (including phenoxy) is 2. The number of benzene rings is 2. The maximum Gasteiger partial charge on any atom is 0.320 e. The lowest BCUT2D eigenvalue weighted by molar-refractivity contribution is -0.116. The number of nitrogens with one attached hydrogen (secondary N) is 3. The van der Waals surface area contributed by atoms with Crippen LogP contribution in [-0.2, 0) is 16.1 Å². The minimum Gasteiger partial charge on any atom is -0.463 e. The third-order valence-electron chi connectivity index (χ3n) is 10.8. The summed E-state index contributed by atoms with van der Waals surface area (Å²) in [5.41, 5.74) is 10.8. The second-order valence-corrected chi connectivity index (χ2v) is 15.0. The third kappa shape index (κ3) is 8.84. The average Bonchev–Trinajstić information content (AvgIpc) is 3.73. The number of nitrogens with zero attached hydrogens (tertiary/aromatic N) is 8. The van der Waals surface area contributed by atoms with E-state index in [0.29, 0.717) is 47.5 Å². The van der Waals surface area contributed by atoms with Crippen molar-refractivity contribution in [1.82, 2.24) is 24.8 Å². The summed E-state index contributed by atoms with van der Waals surface area (Å²) >= 11 is 0. The van der Waals surface area contributed by atoms with E-state index in [1.54, 1.807) is 6.07 Å². The van der Waals surface area contributed by atoms with Gasteiger partial charge in [0.05, 0.1) is 49.6 Å². The monoisotopic (exact) mass is 788 g/mol. The summed E-state index contributed by atoms with van der Waals surface area (Å²) < 4.78 is 11.9. The molecule has 0 aliphatic carbocycles. The molecule has 2 aromatic heterocycles. The Morgan fingerprint density at radius 3 is 2.07 bits per heavy atom. The van der Waals surface area contributed by atoms with E-state index in [1.165, 1.54) is 18.4 Å². The maximum atomic E-state index is 13.5. The topological polar surface area (TPSA) is 200 Å². The standard InChI is InChI=1S/C42H52N12O4/c1-5-7-18-57-41-48-37(44)35-39(50-41)53(24-33(55)46-35)27(4)30-14-15-31(22-43)32(21-30)45-38-36-40(51-42(49-38)58-19-8-6-2)54(25-34(56)47-36)26(3)29-13-11-12-28(20-29)23-52-16-9-10-17-52/h11-15,20-21,26-27H,5-10,16-19,23-25H2,1-4H3,(H,46,55)(H,47,56)(H2,44,48,50)(H,45,49,51). The highest BCUT2D eigenvalue weighted by atomic mass is 16.5. The highest BCUT2D eigenvalue weighted by Crippen LogP contribution is 2.42. The van der Waals surface area contributed by atoms with Gasteiger partial charge in [-0.05, 0) is 81.4 Å².